The zero-order valence-corrected chi connectivity index (χ0v) is 17.6. The van der Waals surface area contributed by atoms with Crippen molar-refractivity contribution in [2.45, 2.75) is 77.4 Å². The largest absolute Gasteiger partial charge is 0.350 e. The molecule has 5 heteroatoms. The first-order chi connectivity index (χ1) is 14.1. The van der Waals surface area contributed by atoms with Crippen molar-refractivity contribution >= 4 is 22.7 Å². The Labute approximate surface area is 173 Å². The van der Waals surface area contributed by atoms with Gasteiger partial charge >= 0.3 is 0 Å². The number of nitrogens with zero attached hydrogens (tertiary/aromatic N) is 1. The van der Waals surface area contributed by atoms with Crippen molar-refractivity contribution in [1.82, 2.24) is 15.2 Å². The minimum absolute atomic E-state index is 0.000974. The molecule has 156 valence electrons. The zero-order chi connectivity index (χ0) is 20.6. The van der Waals surface area contributed by atoms with Crippen molar-refractivity contribution in [3.63, 3.8) is 0 Å². The Morgan fingerprint density at radius 1 is 1.21 bits per heavy atom. The van der Waals surface area contributed by atoms with Crippen LogP contribution in [0.4, 0.5) is 0 Å². The maximum absolute atomic E-state index is 12.8. The predicted molar refractivity (Wildman–Crippen MR) is 118 cm³/mol. The number of allylic oxidation sites excluding steroid dienone is 1. The van der Waals surface area contributed by atoms with Gasteiger partial charge < -0.3 is 15.2 Å². The molecule has 0 saturated heterocycles. The van der Waals surface area contributed by atoms with E-state index >= 15 is 0 Å². The van der Waals surface area contributed by atoms with E-state index in [1.54, 1.807) is 6.08 Å². The monoisotopic (exact) mass is 395 g/mol. The Hall–Kier alpha value is -2.56. The fraction of sp³-hybridized carbons (Fsp3) is 0.500. The lowest BCUT2D eigenvalue weighted by molar-refractivity contribution is -0.117. The van der Waals surface area contributed by atoms with Gasteiger partial charge in [0, 0.05) is 29.5 Å². The molecule has 5 nitrogen and oxygen atoms in total. The molecule has 1 aromatic carbocycles. The Balaban J connectivity index is 1.46. The Morgan fingerprint density at radius 3 is 2.72 bits per heavy atom. The van der Waals surface area contributed by atoms with Crippen LogP contribution in [0.5, 0.6) is 0 Å². The lowest BCUT2D eigenvalue weighted by Gasteiger charge is -2.21. The van der Waals surface area contributed by atoms with Crippen molar-refractivity contribution in [3.05, 3.63) is 48.2 Å². The maximum Gasteiger partial charge on any atom is 0.268 e. The number of rotatable bonds is 8. The van der Waals surface area contributed by atoms with Gasteiger partial charge in [-0.05, 0) is 57.7 Å². The second-order valence-electron chi connectivity index (χ2n) is 8.03. The minimum atomic E-state index is -0.0467. The number of hydrogen-bond acceptors (Lipinski definition) is 2. The van der Waals surface area contributed by atoms with E-state index in [1.165, 1.54) is 19.3 Å². The summed E-state index contributed by atoms with van der Waals surface area (Å²) in [5.74, 6) is -0.0457. The molecule has 0 unspecified atom stereocenters. The first-order valence-electron chi connectivity index (χ1n) is 10.9. The number of carbonyl (C=O) groups is 2. The summed E-state index contributed by atoms with van der Waals surface area (Å²) in [6.45, 7) is 4.81. The number of nitrogens with one attached hydrogen (secondary N) is 2. The number of fused-ring (bicyclic) bond motifs is 1. The summed E-state index contributed by atoms with van der Waals surface area (Å²) in [6, 6.07) is 10.4. The molecular weight excluding hydrogens is 362 g/mol. The van der Waals surface area contributed by atoms with Crippen LogP contribution in [0.3, 0.4) is 0 Å². The molecule has 1 heterocycles. The third-order valence-electron chi connectivity index (χ3n) is 5.72. The minimum Gasteiger partial charge on any atom is -0.350 e. The van der Waals surface area contributed by atoms with Gasteiger partial charge in [-0.3, -0.25) is 9.59 Å². The SMILES string of the molecule is CCn1c(C(=O)N[C@H](C)CC/C=C/C(=O)NC2CCCCC2)cc2ccccc21. The first-order valence-corrected chi connectivity index (χ1v) is 10.9. The van der Waals surface area contributed by atoms with Gasteiger partial charge in [-0.1, -0.05) is 43.5 Å². The molecule has 3 rings (SSSR count). The molecule has 2 aromatic rings. The molecular formula is C24H33N3O2. The summed E-state index contributed by atoms with van der Waals surface area (Å²) in [4.78, 5) is 24.8. The molecule has 1 aromatic heterocycles. The highest BCUT2D eigenvalue weighted by molar-refractivity contribution is 5.98. The van der Waals surface area contributed by atoms with Gasteiger partial charge in [0.25, 0.3) is 5.91 Å². The average molecular weight is 396 g/mol. The Morgan fingerprint density at radius 2 is 1.97 bits per heavy atom. The first kappa shape index (κ1) is 21.2. The topological polar surface area (TPSA) is 63.1 Å². The zero-order valence-electron chi connectivity index (χ0n) is 17.6. The van der Waals surface area contributed by atoms with Crippen LogP contribution >= 0.6 is 0 Å². The number of aryl methyl sites for hydroxylation is 1. The van der Waals surface area contributed by atoms with Gasteiger partial charge in [0.1, 0.15) is 5.69 Å². The molecule has 1 fully saturated rings. The normalized spacial score (nSPS) is 16.2. The maximum atomic E-state index is 12.8. The molecule has 29 heavy (non-hydrogen) atoms. The number of aromatic nitrogens is 1. The Kier molecular flexibility index (Phi) is 7.50. The summed E-state index contributed by atoms with van der Waals surface area (Å²) in [6.07, 6.45) is 11.0. The number of carbonyl (C=O) groups excluding carboxylic acids is 2. The van der Waals surface area contributed by atoms with E-state index in [9.17, 15) is 9.59 Å². The number of para-hydroxylation sites is 1. The van der Waals surface area contributed by atoms with E-state index in [4.69, 9.17) is 0 Å². The van der Waals surface area contributed by atoms with Crippen LogP contribution in [-0.2, 0) is 11.3 Å². The fourth-order valence-corrected chi connectivity index (χ4v) is 4.14. The lowest BCUT2D eigenvalue weighted by atomic mass is 9.95. The van der Waals surface area contributed by atoms with Crippen LogP contribution in [0, 0.1) is 0 Å². The van der Waals surface area contributed by atoms with E-state index in [-0.39, 0.29) is 17.9 Å². The predicted octanol–water partition coefficient (Wildman–Crippen LogP) is 4.56. The molecule has 1 saturated carbocycles. The highest BCUT2D eigenvalue weighted by Gasteiger charge is 2.16. The fourth-order valence-electron chi connectivity index (χ4n) is 4.14. The molecule has 1 aliphatic carbocycles. The standard InChI is InChI=1S/C24H33N3O2/c1-3-27-21-15-9-8-12-19(21)17-22(27)24(29)25-18(2)11-7-10-16-23(28)26-20-13-5-4-6-14-20/h8-10,12,15-18,20H,3-7,11,13-14H2,1-2H3,(H,25,29)(H,26,28)/b16-10+/t18-/m1/s1. The lowest BCUT2D eigenvalue weighted by Crippen LogP contribution is -2.35. The molecule has 0 bridgehead atoms. The molecule has 2 amide bonds. The van der Waals surface area contributed by atoms with Crippen molar-refractivity contribution in [3.8, 4) is 0 Å². The second-order valence-corrected chi connectivity index (χ2v) is 8.03. The van der Waals surface area contributed by atoms with E-state index in [2.05, 4.69) is 17.6 Å². The number of hydrogen-bond donors (Lipinski definition) is 2. The smallest absolute Gasteiger partial charge is 0.268 e. The van der Waals surface area contributed by atoms with Gasteiger partial charge in [0.15, 0.2) is 0 Å². The van der Waals surface area contributed by atoms with Gasteiger partial charge in [-0.25, -0.2) is 0 Å². The summed E-state index contributed by atoms with van der Waals surface area (Å²) in [5, 5.41) is 7.26. The van der Waals surface area contributed by atoms with E-state index < -0.39 is 0 Å². The summed E-state index contributed by atoms with van der Waals surface area (Å²) in [7, 11) is 0. The van der Waals surface area contributed by atoms with Gasteiger partial charge in [-0.15, -0.1) is 0 Å². The van der Waals surface area contributed by atoms with Crippen LogP contribution < -0.4 is 10.6 Å². The Bertz CT molecular complexity index is 862. The summed E-state index contributed by atoms with van der Waals surface area (Å²) in [5.41, 5.74) is 1.78. The molecule has 2 N–H and O–H groups in total. The highest BCUT2D eigenvalue weighted by atomic mass is 16.2. The molecule has 0 aliphatic heterocycles. The number of benzene rings is 1. The summed E-state index contributed by atoms with van der Waals surface area (Å²) < 4.78 is 2.05. The van der Waals surface area contributed by atoms with Crippen LogP contribution in [-0.4, -0.2) is 28.5 Å². The van der Waals surface area contributed by atoms with Crippen molar-refractivity contribution in [1.29, 1.82) is 0 Å². The average Bonchev–Trinajstić information content (AvgIpc) is 3.11. The quantitative estimate of drug-likeness (QED) is 0.644. The molecule has 0 spiro atoms. The summed E-state index contributed by atoms with van der Waals surface area (Å²) >= 11 is 0. The third-order valence-corrected chi connectivity index (χ3v) is 5.72. The molecule has 1 aliphatic rings. The van der Waals surface area contributed by atoms with Crippen LogP contribution in [0.2, 0.25) is 0 Å². The van der Waals surface area contributed by atoms with Crippen LogP contribution in [0.1, 0.15) is 69.3 Å². The van der Waals surface area contributed by atoms with Crippen molar-refractivity contribution in [2.75, 3.05) is 0 Å². The van der Waals surface area contributed by atoms with Crippen molar-refractivity contribution < 1.29 is 9.59 Å². The van der Waals surface area contributed by atoms with Gasteiger partial charge in [0.2, 0.25) is 5.91 Å². The van der Waals surface area contributed by atoms with Crippen LogP contribution in [0.15, 0.2) is 42.5 Å². The molecule has 0 radical (unpaired) electrons. The van der Waals surface area contributed by atoms with E-state index in [1.807, 2.05) is 47.9 Å². The van der Waals surface area contributed by atoms with Gasteiger partial charge in [-0.2, -0.15) is 0 Å². The van der Waals surface area contributed by atoms with Crippen LogP contribution in [0.25, 0.3) is 10.9 Å². The molecule has 1 atom stereocenters. The second kappa shape index (κ2) is 10.3. The van der Waals surface area contributed by atoms with E-state index in [0.29, 0.717) is 11.7 Å². The highest BCUT2D eigenvalue weighted by Crippen LogP contribution is 2.20. The van der Waals surface area contributed by atoms with Gasteiger partial charge in [0.05, 0.1) is 0 Å². The number of amides is 2. The van der Waals surface area contributed by atoms with Crippen molar-refractivity contribution in [2.24, 2.45) is 0 Å². The van der Waals surface area contributed by atoms with E-state index in [0.717, 1.165) is 43.1 Å². The third kappa shape index (κ3) is 5.72.